The molecule has 2 unspecified atom stereocenters. The molecule has 180 valence electrons. The van der Waals surface area contributed by atoms with Gasteiger partial charge in [-0.15, -0.1) is 0 Å². The Morgan fingerprint density at radius 2 is 1.49 bits per heavy atom. The lowest BCUT2D eigenvalue weighted by Gasteiger charge is -2.21. The zero-order valence-corrected chi connectivity index (χ0v) is 20.6. The molecule has 0 spiro atoms. The van der Waals surface area contributed by atoms with E-state index in [1.54, 1.807) is 6.92 Å². The van der Waals surface area contributed by atoms with Gasteiger partial charge in [-0.3, -0.25) is 9.59 Å². The highest BCUT2D eigenvalue weighted by Gasteiger charge is 2.30. The van der Waals surface area contributed by atoms with Crippen molar-refractivity contribution in [3.63, 3.8) is 0 Å². The number of ether oxygens (including phenoxy) is 1. The topological polar surface area (TPSA) is 105 Å². The summed E-state index contributed by atoms with van der Waals surface area (Å²) >= 11 is 3.37. The maximum Gasteiger partial charge on any atom is 0.407 e. The van der Waals surface area contributed by atoms with Crippen molar-refractivity contribution in [2.75, 3.05) is 6.61 Å². The minimum absolute atomic E-state index is 0.0660. The molecule has 0 saturated heterocycles. The van der Waals surface area contributed by atoms with E-state index in [1.165, 1.54) is 0 Å². The van der Waals surface area contributed by atoms with Crippen molar-refractivity contribution in [1.82, 2.24) is 10.6 Å². The van der Waals surface area contributed by atoms with Gasteiger partial charge < -0.3 is 20.5 Å². The number of carbonyl (C=O) groups is 3. The first-order valence-electron chi connectivity index (χ1n) is 11.2. The minimum Gasteiger partial charge on any atom is -0.481 e. The van der Waals surface area contributed by atoms with Crippen LogP contribution in [-0.4, -0.2) is 35.7 Å². The third-order valence-corrected chi connectivity index (χ3v) is 6.59. The van der Waals surface area contributed by atoms with E-state index in [4.69, 9.17) is 4.74 Å². The van der Waals surface area contributed by atoms with Crippen LogP contribution in [0.25, 0.3) is 11.1 Å². The summed E-state index contributed by atoms with van der Waals surface area (Å²) in [5.41, 5.74) is 5.16. The van der Waals surface area contributed by atoms with E-state index in [2.05, 4.69) is 26.6 Å². The molecule has 1 aliphatic rings. The van der Waals surface area contributed by atoms with Gasteiger partial charge in [0.2, 0.25) is 5.91 Å². The molecule has 0 saturated carbocycles. The number of alkyl carbamates (subject to hydrolysis) is 1. The molecule has 3 N–H and O–H groups in total. The molecule has 2 amide bonds. The second kappa shape index (κ2) is 10.7. The van der Waals surface area contributed by atoms with Gasteiger partial charge in [-0.25, -0.2) is 4.79 Å². The van der Waals surface area contributed by atoms with E-state index in [9.17, 15) is 19.5 Å². The molecule has 0 radical (unpaired) electrons. The van der Waals surface area contributed by atoms with Gasteiger partial charge in [-0.1, -0.05) is 76.6 Å². The first-order valence-corrected chi connectivity index (χ1v) is 12.0. The molecule has 1 aliphatic carbocycles. The average molecular weight is 537 g/mol. The lowest BCUT2D eigenvalue weighted by atomic mass is 9.98. The Bertz CT molecular complexity index is 1200. The number of carboxylic acids is 1. The van der Waals surface area contributed by atoms with Crippen LogP contribution in [0.5, 0.6) is 0 Å². The largest absolute Gasteiger partial charge is 0.481 e. The van der Waals surface area contributed by atoms with Crippen molar-refractivity contribution < 1.29 is 24.2 Å². The highest BCUT2D eigenvalue weighted by Crippen LogP contribution is 2.44. The van der Waals surface area contributed by atoms with Crippen LogP contribution in [-0.2, 0) is 14.3 Å². The summed E-state index contributed by atoms with van der Waals surface area (Å²) in [5.74, 6) is -1.95. The Kier molecular flexibility index (Phi) is 7.51. The standard InChI is InChI=1S/C27H25BrN2O5/c1-16(17-10-12-18(28)13-11-17)29-26(33)24(14-25(31)32)30-27(34)35-15-23-21-8-4-2-6-19(21)20-7-3-5-9-22(20)23/h2-13,16,23-24H,14-15H2,1H3,(H,29,33)(H,30,34)(H,31,32). The molecule has 3 aromatic rings. The summed E-state index contributed by atoms with van der Waals surface area (Å²) in [4.78, 5) is 36.8. The van der Waals surface area contributed by atoms with Crippen molar-refractivity contribution in [3.05, 3.63) is 94.0 Å². The molecule has 0 aliphatic heterocycles. The SMILES string of the molecule is CC(NC(=O)C(CC(=O)O)NC(=O)OCC1c2ccccc2-c2ccccc21)c1ccc(Br)cc1. The van der Waals surface area contributed by atoms with Crippen LogP contribution in [0.4, 0.5) is 4.79 Å². The summed E-state index contributed by atoms with van der Waals surface area (Å²) in [5, 5.41) is 14.5. The van der Waals surface area contributed by atoms with E-state index in [0.717, 1.165) is 32.3 Å². The Hall–Kier alpha value is -3.65. The molecular weight excluding hydrogens is 512 g/mol. The van der Waals surface area contributed by atoms with E-state index < -0.39 is 30.4 Å². The molecular formula is C27H25BrN2O5. The normalized spacial score (nSPS) is 13.8. The quantitative estimate of drug-likeness (QED) is 0.375. The Balaban J connectivity index is 1.40. The number of hydrogen-bond acceptors (Lipinski definition) is 4. The number of rotatable bonds is 8. The summed E-state index contributed by atoms with van der Waals surface area (Å²) in [7, 11) is 0. The minimum atomic E-state index is -1.28. The molecule has 7 nitrogen and oxygen atoms in total. The zero-order chi connectivity index (χ0) is 24.9. The monoisotopic (exact) mass is 536 g/mol. The molecule has 0 heterocycles. The van der Waals surface area contributed by atoms with Gasteiger partial charge in [-0.2, -0.15) is 0 Å². The molecule has 0 bridgehead atoms. The highest BCUT2D eigenvalue weighted by atomic mass is 79.9. The Morgan fingerprint density at radius 3 is 2.06 bits per heavy atom. The van der Waals surface area contributed by atoms with E-state index in [1.807, 2.05) is 72.8 Å². The van der Waals surface area contributed by atoms with Gasteiger partial charge in [0.1, 0.15) is 12.6 Å². The van der Waals surface area contributed by atoms with E-state index >= 15 is 0 Å². The summed E-state index contributed by atoms with van der Waals surface area (Å²) < 4.78 is 6.38. The van der Waals surface area contributed by atoms with Gasteiger partial charge in [0.05, 0.1) is 12.5 Å². The van der Waals surface area contributed by atoms with Crippen molar-refractivity contribution in [2.45, 2.75) is 31.3 Å². The Labute approximate surface area is 211 Å². The fourth-order valence-corrected chi connectivity index (χ4v) is 4.58. The molecule has 4 rings (SSSR count). The van der Waals surface area contributed by atoms with E-state index in [-0.39, 0.29) is 18.6 Å². The van der Waals surface area contributed by atoms with Crippen LogP contribution < -0.4 is 10.6 Å². The van der Waals surface area contributed by atoms with Gasteiger partial charge in [0, 0.05) is 10.4 Å². The molecule has 8 heteroatoms. The maximum atomic E-state index is 12.8. The number of halogens is 1. The fraction of sp³-hybridized carbons (Fsp3) is 0.222. The number of carboxylic acid groups (broad SMARTS) is 1. The molecule has 35 heavy (non-hydrogen) atoms. The summed E-state index contributed by atoms with van der Waals surface area (Å²) in [6, 6.07) is 21.6. The first kappa shape index (κ1) is 24.5. The predicted molar refractivity (Wildman–Crippen MR) is 135 cm³/mol. The van der Waals surface area contributed by atoms with Crippen molar-refractivity contribution in [2.24, 2.45) is 0 Å². The fourth-order valence-electron chi connectivity index (χ4n) is 4.32. The van der Waals surface area contributed by atoms with Crippen LogP contribution in [0.15, 0.2) is 77.3 Å². The van der Waals surface area contributed by atoms with Gasteiger partial charge >= 0.3 is 12.1 Å². The number of hydrogen-bond donors (Lipinski definition) is 3. The molecule has 0 fully saturated rings. The summed E-state index contributed by atoms with van der Waals surface area (Å²) in [6.45, 7) is 1.85. The predicted octanol–water partition coefficient (Wildman–Crippen LogP) is 5.01. The third-order valence-electron chi connectivity index (χ3n) is 6.06. The first-order chi connectivity index (χ1) is 16.8. The van der Waals surface area contributed by atoms with Crippen molar-refractivity contribution in [1.29, 1.82) is 0 Å². The van der Waals surface area contributed by atoms with Crippen LogP contribution in [0, 0.1) is 0 Å². The van der Waals surface area contributed by atoms with Crippen LogP contribution in [0.2, 0.25) is 0 Å². The van der Waals surface area contributed by atoms with Crippen LogP contribution in [0.3, 0.4) is 0 Å². The number of nitrogens with one attached hydrogen (secondary N) is 2. The number of carbonyl (C=O) groups excluding carboxylic acids is 2. The summed E-state index contributed by atoms with van der Waals surface area (Å²) in [6.07, 6.45) is -1.41. The molecule has 3 aromatic carbocycles. The number of aliphatic carboxylic acids is 1. The average Bonchev–Trinajstić information content (AvgIpc) is 3.16. The van der Waals surface area contributed by atoms with Gasteiger partial charge in [0.15, 0.2) is 0 Å². The van der Waals surface area contributed by atoms with Crippen LogP contribution >= 0.6 is 15.9 Å². The van der Waals surface area contributed by atoms with Crippen LogP contribution in [0.1, 0.15) is 42.0 Å². The Morgan fingerprint density at radius 1 is 0.914 bits per heavy atom. The lowest BCUT2D eigenvalue weighted by molar-refractivity contribution is -0.140. The zero-order valence-electron chi connectivity index (χ0n) is 19.0. The number of amides is 2. The third kappa shape index (κ3) is 5.71. The lowest BCUT2D eigenvalue weighted by Crippen LogP contribution is -2.48. The smallest absolute Gasteiger partial charge is 0.407 e. The number of fused-ring (bicyclic) bond motifs is 3. The van der Waals surface area contributed by atoms with Crippen molar-refractivity contribution in [3.8, 4) is 11.1 Å². The van der Waals surface area contributed by atoms with Gasteiger partial charge in [0.25, 0.3) is 0 Å². The number of benzene rings is 3. The molecule has 2 atom stereocenters. The molecule has 0 aromatic heterocycles. The van der Waals surface area contributed by atoms with E-state index in [0.29, 0.717) is 0 Å². The highest BCUT2D eigenvalue weighted by molar-refractivity contribution is 9.10. The maximum absolute atomic E-state index is 12.8. The second-order valence-electron chi connectivity index (χ2n) is 8.40. The van der Waals surface area contributed by atoms with Gasteiger partial charge in [-0.05, 0) is 46.9 Å². The van der Waals surface area contributed by atoms with Crippen molar-refractivity contribution >= 4 is 33.9 Å². The second-order valence-corrected chi connectivity index (χ2v) is 9.32.